The lowest BCUT2D eigenvalue weighted by Crippen LogP contribution is -2.16. The van der Waals surface area contributed by atoms with E-state index in [0.717, 1.165) is 0 Å². The average Bonchev–Trinajstić information content (AvgIpc) is 2.88. The van der Waals surface area contributed by atoms with E-state index in [0.29, 0.717) is 17.8 Å². The zero-order valence-corrected chi connectivity index (χ0v) is 11.7. The van der Waals surface area contributed by atoms with Crippen LogP contribution in [0.3, 0.4) is 0 Å². The van der Waals surface area contributed by atoms with Gasteiger partial charge in [-0.25, -0.2) is 0 Å². The molecule has 21 heavy (non-hydrogen) atoms. The number of rotatable bonds is 4. The monoisotopic (exact) mass is 289 g/mol. The van der Waals surface area contributed by atoms with Crippen molar-refractivity contribution in [1.29, 1.82) is 0 Å². The molecule has 1 heterocycles. The first-order chi connectivity index (χ1) is 9.93. The largest absolute Gasteiger partial charge is 0.508 e. The van der Waals surface area contributed by atoms with E-state index < -0.39 is 10.8 Å². The summed E-state index contributed by atoms with van der Waals surface area (Å²) in [6, 6.07) is 6.02. The van der Waals surface area contributed by atoms with Crippen LogP contribution in [-0.2, 0) is 6.54 Å². The minimum Gasteiger partial charge on any atom is -0.508 e. The van der Waals surface area contributed by atoms with Gasteiger partial charge in [0.2, 0.25) is 0 Å². The molecule has 0 saturated heterocycles. The number of carbonyl (C=O) groups excluding carboxylic acids is 1. The first kappa shape index (κ1) is 14.6. The Bertz CT molecular complexity index is 706. The molecule has 110 valence electrons. The summed E-state index contributed by atoms with van der Waals surface area (Å²) < 4.78 is 1.51. The van der Waals surface area contributed by atoms with Crippen molar-refractivity contribution in [2.45, 2.75) is 20.4 Å². The number of nitrogens with one attached hydrogen (secondary N) is 1. The van der Waals surface area contributed by atoms with Crippen molar-refractivity contribution >= 4 is 17.3 Å². The van der Waals surface area contributed by atoms with E-state index in [1.54, 1.807) is 26.0 Å². The minimum absolute atomic E-state index is 0.0738. The average molecular weight is 289 g/mol. The number of aromatic hydroxyl groups is 1. The third kappa shape index (κ3) is 2.86. The third-order valence-electron chi connectivity index (χ3n) is 3.22. The second-order valence-electron chi connectivity index (χ2n) is 4.53. The summed E-state index contributed by atoms with van der Waals surface area (Å²) in [7, 11) is 0. The first-order valence-electron chi connectivity index (χ1n) is 6.38. The summed E-state index contributed by atoms with van der Waals surface area (Å²) in [4.78, 5) is 22.5. The Morgan fingerprint density at radius 2 is 2.19 bits per heavy atom. The van der Waals surface area contributed by atoms with Gasteiger partial charge in [-0.05, 0) is 26.0 Å². The van der Waals surface area contributed by atoms with Crippen LogP contribution in [0.2, 0.25) is 0 Å². The van der Waals surface area contributed by atoms with Gasteiger partial charge in [0, 0.05) is 23.9 Å². The van der Waals surface area contributed by atoms with E-state index in [1.807, 2.05) is 0 Å². The van der Waals surface area contributed by atoms with Gasteiger partial charge in [-0.3, -0.25) is 14.9 Å². The Labute approximate surface area is 121 Å². The molecule has 1 amide bonds. The van der Waals surface area contributed by atoms with Crippen LogP contribution in [0.25, 0.3) is 0 Å². The molecule has 2 N–H and O–H groups in total. The molecule has 0 saturated carbocycles. The highest BCUT2D eigenvalue weighted by molar-refractivity contribution is 6.04. The quantitative estimate of drug-likeness (QED) is 0.668. The second kappa shape index (κ2) is 5.66. The molecule has 2 rings (SSSR count). The lowest BCUT2D eigenvalue weighted by molar-refractivity contribution is -0.384. The van der Waals surface area contributed by atoms with E-state index >= 15 is 0 Å². The smallest absolute Gasteiger partial charge is 0.287 e. The second-order valence-corrected chi connectivity index (χ2v) is 4.53. The highest BCUT2D eigenvalue weighted by Crippen LogP contribution is 2.25. The number of hydrogen-bond acceptors (Lipinski definition) is 4. The number of phenolic OH excluding ortho intramolecular Hbond substituents is 1. The number of carbonyl (C=O) groups is 1. The molecule has 0 aliphatic rings. The normalized spacial score (nSPS) is 10.4. The predicted molar refractivity (Wildman–Crippen MR) is 77.6 cm³/mol. The van der Waals surface area contributed by atoms with E-state index in [1.165, 1.54) is 22.9 Å². The van der Waals surface area contributed by atoms with Crippen LogP contribution in [-0.4, -0.2) is 20.5 Å². The number of aromatic nitrogens is 1. The number of aryl methyl sites for hydroxylation is 1. The maximum atomic E-state index is 12.3. The van der Waals surface area contributed by atoms with Gasteiger partial charge < -0.3 is 15.0 Å². The van der Waals surface area contributed by atoms with Crippen LogP contribution >= 0.6 is 0 Å². The van der Waals surface area contributed by atoms with Crippen LogP contribution in [0.1, 0.15) is 23.0 Å². The summed E-state index contributed by atoms with van der Waals surface area (Å²) in [6.07, 6.45) is 1.32. The minimum atomic E-state index is -0.539. The Balaban J connectivity index is 2.32. The van der Waals surface area contributed by atoms with Gasteiger partial charge in [0.15, 0.2) is 0 Å². The predicted octanol–water partition coefficient (Wildman–Crippen LogP) is 2.68. The molecule has 0 unspecified atom stereocenters. The van der Waals surface area contributed by atoms with Crippen LogP contribution in [0.15, 0.2) is 30.5 Å². The van der Waals surface area contributed by atoms with E-state index in [2.05, 4.69) is 5.32 Å². The van der Waals surface area contributed by atoms with Crippen molar-refractivity contribution in [3.05, 3.63) is 51.8 Å². The lowest BCUT2D eigenvalue weighted by atomic mass is 10.2. The van der Waals surface area contributed by atoms with Crippen molar-refractivity contribution in [2.75, 3.05) is 5.32 Å². The number of nitro groups is 1. The van der Waals surface area contributed by atoms with Crippen LogP contribution in [0, 0.1) is 17.0 Å². The summed E-state index contributed by atoms with van der Waals surface area (Å²) in [6.45, 7) is 3.90. The molecule has 7 heteroatoms. The molecule has 0 atom stereocenters. The van der Waals surface area contributed by atoms with Crippen molar-refractivity contribution in [3.8, 4) is 5.75 Å². The molecule has 0 aliphatic heterocycles. The van der Waals surface area contributed by atoms with Crippen LogP contribution < -0.4 is 5.32 Å². The third-order valence-corrected chi connectivity index (χ3v) is 3.22. The van der Waals surface area contributed by atoms with Gasteiger partial charge in [-0.15, -0.1) is 0 Å². The number of nitrogens with zero attached hydrogens (tertiary/aromatic N) is 2. The topological polar surface area (TPSA) is 97.4 Å². The fraction of sp³-hybridized carbons (Fsp3) is 0.214. The zero-order chi connectivity index (χ0) is 15.6. The fourth-order valence-corrected chi connectivity index (χ4v) is 1.99. The Morgan fingerprint density at radius 1 is 1.48 bits per heavy atom. The van der Waals surface area contributed by atoms with E-state index in [-0.39, 0.29) is 17.1 Å². The van der Waals surface area contributed by atoms with Crippen molar-refractivity contribution in [2.24, 2.45) is 0 Å². The Hall–Kier alpha value is -2.83. The highest BCUT2D eigenvalue weighted by Gasteiger charge is 2.19. The molecule has 0 bridgehead atoms. The number of hydrogen-bond donors (Lipinski definition) is 2. The highest BCUT2D eigenvalue weighted by atomic mass is 16.6. The molecule has 7 nitrogen and oxygen atoms in total. The fourth-order valence-electron chi connectivity index (χ4n) is 1.99. The van der Waals surface area contributed by atoms with Crippen molar-refractivity contribution < 1.29 is 14.8 Å². The molecular weight excluding hydrogens is 274 g/mol. The molecule has 2 aromatic rings. The van der Waals surface area contributed by atoms with Gasteiger partial charge in [-0.2, -0.15) is 0 Å². The molecule has 1 aromatic heterocycles. The molecule has 0 aliphatic carbocycles. The number of anilines is 1. The maximum Gasteiger partial charge on any atom is 0.287 e. The zero-order valence-electron chi connectivity index (χ0n) is 11.7. The van der Waals surface area contributed by atoms with Crippen LogP contribution in [0.5, 0.6) is 5.75 Å². The number of amides is 1. The first-order valence-corrected chi connectivity index (χ1v) is 6.38. The number of benzene rings is 1. The summed E-state index contributed by atoms with van der Waals surface area (Å²) >= 11 is 0. The van der Waals surface area contributed by atoms with Crippen molar-refractivity contribution in [3.63, 3.8) is 0 Å². The summed E-state index contributed by atoms with van der Waals surface area (Å²) in [5, 5.41) is 23.1. The van der Waals surface area contributed by atoms with E-state index in [4.69, 9.17) is 0 Å². The SMILES string of the molecule is CCn1cc([N+](=O)[O-])cc1C(=O)Nc1cccc(O)c1C. The molecule has 0 spiro atoms. The summed E-state index contributed by atoms with van der Waals surface area (Å²) in [5.41, 5.74) is 1.07. The molecular formula is C14H15N3O4. The standard InChI is InChI=1S/C14H15N3O4/c1-3-16-8-10(17(20)21)7-12(16)14(19)15-11-5-4-6-13(18)9(11)2/h4-8,18H,3H2,1-2H3,(H,15,19). The lowest BCUT2D eigenvalue weighted by Gasteiger charge is -2.10. The molecule has 1 aromatic carbocycles. The summed E-state index contributed by atoms with van der Waals surface area (Å²) in [5.74, 6) is -0.386. The van der Waals surface area contributed by atoms with Gasteiger partial charge in [0.05, 0.1) is 11.1 Å². The Kier molecular flexibility index (Phi) is 3.93. The maximum absolute atomic E-state index is 12.3. The van der Waals surface area contributed by atoms with Gasteiger partial charge in [0.1, 0.15) is 11.4 Å². The molecule has 0 radical (unpaired) electrons. The van der Waals surface area contributed by atoms with Gasteiger partial charge in [-0.1, -0.05) is 6.07 Å². The van der Waals surface area contributed by atoms with Crippen LogP contribution in [0.4, 0.5) is 11.4 Å². The van der Waals surface area contributed by atoms with E-state index in [9.17, 15) is 20.0 Å². The van der Waals surface area contributed by atoms with Crippen molar-refractivity contribution in [1.82, 2.24) is 4.57 Å². The van der Waals surface area contributed by atoms with Gasteiger partial charge in [0.25, 0.3) is 11.6 Å². The Morgan fingerprint density at radius 3 is 2.81 bits per heavy atom. The van der Waals surface area contributed by atoms with Gasteiger partial charge >= 0.3 is 0 Å². The number of phenols is 1. The molecule has 0 fully saturated rings.